The molecule has 0 radical (unpaired) electrons. The van der Waals surface area contributed by atoms with Crippen LogP contribution in [0.15, 0.2) is 24.4 Å². The van der Waals surface area contributed by atoms with Gasteiger partial charge in [0.1, 0.15) is 18.3 Å². The number of hydrogen-bond acceptors (Lipinski definition) is 4. The Balaban J connectivity index is 1.95. The van der Waals surface area contributed by atoms with Gasteiger partial charge in [0.15, 0.2) is 11.5 Å². The lowest BCUT2D eigenvalue weighted by atomic mass is 9.93. The molecule has 4 rings (SSSR count). The van der Waals surface area contributed by atoms with Crippen molar-refractivity contribution in [1.82, 2.24) is 19.7 Å². The fraction of sp³-hybridized carbons (Fsp3) is 0.222. The van der Waals surface area contributed by atoms with Crippen LogP contribution in [0.4, 0.5) is 13.2 Å². The molecule has 0 atom stereocenters. The van der Waals surface area contributed by atoms with Crippen molar-refractivity contribution in [3.63, 3.8) is 0 Å². The van der Waals surface area contributed by atoms with Gasteiger partial charge in [-0.05, 0) is 30.5 Å². The molecule has 0 aliphatic heterocycles. The number of benzene rings is 1. The number of nitrogens with two attached hydrogens (primary N) is 1. The molecule has 1 aliphatic carbocycles. The fourth-order valence-electron chi connectivity index (χ4n) is 3.33. The Morgan fingerprint density at radius 2 is 1.96 bits per heavy atom. The smallest absolute Gasteiger partial charge is 0.269 e. The van der Waals surface area contributed by atoms with Gasteiger partial charge >= 0.3 is 0 Å². The van der Waals surface area contributed by atoms with E-state index in [1.54, 1.807) is 0 Å². The zero-order valence-electron chi connectivity index (χ0n) is 14.0. The lowest BCUT2D eigenvalue weighted by molar-refractivity contribution is 0.0993. The molecule has 0 spiro atoms. The van der Waals surface area contributed by atoms with Crippen molar-refractivity contribution in [3.05, 3.63) is 52.9 Å². The van der Waals surface area contributed by atoms with Crippen molar-refractivity contribution >= 4 is 5.91 Å². The van der Waals surface area contributed by atoms with Crippen LogP contribution in [0.5, 0.6) is 0 Å². The maximum Gasteiger partial charge on any atom is 0.269 e. The zero-order chi connectivity index (χ0) is 19.1. The van der Waals surface area contributed by atoms with E-state index in [0.717, 1.165) is 17.7 Å². The van der Waals surface area contributed by atoms with E-state index < -0.39 is 24.2 Å². The average molecular weight is 373 g/mol. The molecular weight excluding hydrogens is 359 g/mol. The SMILES string of the molecule is NC(=O)c1nn(CCF)c2c1CCc1cnc(-c3c(F)cccc3F)nc1-2. The Kier molecular flexibility index (Phi) is 4.14. The number of carbonyl (C=O) groups is 1. The van der Waals surface area contributed by atoms with Crippen LogP contribution < -0.4 is 5.73 Å². The first-order valence-electron chi connectivity index (χ1n) is 8.27. The van der Waals surface area contributed by atoms with Crippen LogP contribution in [0.3, 0.4) is 0 Å². The van der Waals surface area contributed by atoms with Crippen LogP contribution in [0.1, 0.15) is 21.6 Å². The van der Waals surface area contributed by atoms with E-state index in [1.165, 1.54) is 16.9 Å². The third-order valence-electron chi connectivity index (χ3n) is 4.50. The Bertz CT molecular complexity index is 1040. The van der Waals surface area contributed by atoms with Gasteiger partial charge in [-0.1, -0.05) is 6.07 Å². The van der Waals surface area contributed by atoms with E-state index in [-0.39, 0.29) is 23.6 Å². The summed E-state index contributed by atoms with van der Waals surface area (Å²) in [7, 11) is 0. The molecule has 6 nitrogen and oxygen atoms in total. The minimum absolute atomic E-state index is 0.0568. The summed E-state index contributed by atoms with van der Waals surface area (Å²) < 4.78 is 42.5. The fourth-order valence-corrected chi connectivity index (χ4v) is 3.33. The molecule has 0 fully saturated rings. The van der Waals surface area contributed by atoms with Crippen LogP contribution in [0.2, 0.25) is 0 Å². The van der Waals surface area contributed by atoms with Gasteiger partial charge in [-0.15, -0.1) is 0 Å². The molecule has 2 N–H and O–H groups in total. The Morgan fingerprint density at radius 3 is 2.63 bits per heavy atom. The van der Waals surface area contributed by atoms with Crippen LogP contribution in [-0.2, 0) is 19.4 Å². The number of nitrogens with zero attached hydrogens (tertiary/aromatic N) is 4. The molecule has 1 amide bonds. The monoisotopic (exact) mass is 373 g/mol. The highest BCUT2D eigenvalue weighted by Gasteiger charge is 2.29. The van der Waals surface area contributed by atoms with Crippen LogP contribution >= 0.6 is 0 Å². The van der Waals surface area contributed by atoms with Gasteiger partial charge < -0.3 is 5.73 Å². The summed E-state index contributed by atoms with van der Waals surface area (Å²) >= 11 is 0. The minimum atomic E-state index is -0.791. The number of hydrogen-bond donors (Lipinski definition) is 1. The second-order valence-electron chi connectivity index (χ2n) is 6.12. The number of amides is 1. The standard InChI is InChI=1S/C18H14F3N5O/c19-6-7-26-16-10(15(25-26)17(22)27)5-4-9-8-23-18(24-14(9)16)13-11(20)2-1-3-12(13)21/h1-3,8H,4-7H2,(H2,22,27). The van der Waals surface area contributed by atoms with Gasteiger partial charge in [0.05, 0.1) is 23.5 Å². The number of halogens is 3. The van der Waals surface area contributed by atoms with E-state index in [1.807, 2.05) is 0 Å². The normalized spacial score (nSPS) is 12.6. The van der Waals surface area contributed by atoms with Crippen molar-refractivity contribution in [1.29, 1.82) is 0 Å². The first-order valence-corrected chi connectivity index (χ1v) is 8.27. The van der Waals surface area contributed by atoms with Gasteiger partial charge in [0, 0.05) is 11.8 Å². The highest BCUT2D eigenvalue weighted by molar-refractivity contribution is 5.94. The molecule has 0 saturated carbocycles. The maximum atomic E-state index is 14.1. The van der Waals surface area contributed by atoms with E-state index in [0.29, 0.717) is 29.8 Å². The van der Waals surface area contributed by atoms with Crippen molar-refractivity contribution in [2.24, 2.45) is 5.73 Å². The summed E-state index contributed by atoms with van der Waals surface area (Å²) in [6.07, 6.45) is 2.46. The largest absolute Gasteiger partial charge is 0.364 e. The molecule has 9 heteroatoms. The highest BCUT2D eigenvalue weighted by Crippen LogP contribution is 2.35. The molecule has 0 bridgehead atoms. The number of primary amides is 1. The summed E-state index contributed by atoms with van der Waals surface area (Å²) in [6.45, 7) is -0.802. The Hall–Kier alpha value is -3.23. The number of aromatic nitrogens is 4. The van der Waals surface area contributed by atoms with Gasteiger partial charge in [-0.2, -0.15) is 5.10 Å². The topological polar surface area (TPSA) is 86.7 Å². The summed E-state index contributed by atoms with van der Waals surface area (Å²) in [5.74, 6) is -2.44. The Morgan fingerprint density at radius 1 is 1.22 bits per heavy atom. The third-order valence-corrected chi connectivity index (χ3v) is 4.50. The number of rotatable bonds is 4. The first kappa shape index (κ1) is 17.2. The average Bonchev–Trinajstić information content (AvgIpc) is 3.01. The van der Waals surface area contributed by atoms with Gasteiger partial charge in [-0.3, -0.25) is 9.48 Å². The van der Waals surface area contributed by atoms with Crippen molar-refractivity contribution in [3.8, 4) is 22.8 Å². The maximum absolute atomic E-state index is 14.1. The van der Waals surface area contributed by atoms with E-state index in [4.69, 9.17) is 5.73 Å². The van der Waals surface area contributed by atoms with Crippen LogP contribution in [0, 0.1) is 11.6 Å². The number of fused-ring (bicyclic) bond motifs is 3. The molecule has 3 aromatic rings. The number of alkyl halides is 1. The quantitative estimate of drug-likeness (QED) is 0.761. The third kappa shape index (κ3) is 2.75. The van der Waals surface area contributed by atoms with Gasteiger partial charge in [-0.25, -0.2) is 23.1 Å². The molecule has 1 aromatic carbocycles. The van der Waals surface area contributed by atoms with E-state index in [9.17, 15) is 18.0 Å². The second-order valence-corrected chi connectivity index (χ2v) is 6.12. The molecule has 0 unspecified atom stereocenters. The molecular formula is C18H14F3N5O. The molecule has 1 aliphatic rings. The molecule has 2 aromatic heterocycles. The van der Waals surface area contributed by atoms with Crippen molar-refractivity contribution in [2.75, 3.05) is 6.67 Å². The van der Waals surface area contributed by atoms with E-state index in [2.05, 4.69) is 15.1 Å². The first-order chi connectivity index (χ1) is 13.0. The predicted octanol–water partition coefficient (Wildman–Crippen LogP) is 2.45. The number of aryl methyl sites for hydroxylation is 2. The van der Waals surface area contributed by atoms with Crippen molar-refractivity contribution in [2.45, 2.75) is 19.4 Å². The van der Waals surface area contributed by atoms with E-state index >= 15 is 0 Å². The predicted molar refractivity (Wildman–Crippen MR) is 90.5 cm³/mol. The highest BCUT2D eigenvalue weighted by atomic mass is 19.1. The molecule has 2 heterocycles. The molecule has 27 heavy (non-hydrogen) atoms. The molecule has 138 valence electrons. The lowest BCUT2D eigenvalue weighted by Crippen LogP contribution is -2.16. The second kappa shape index (κ2) is 6.49. The van der Waals surface area contributed by atoms with Gasteiger partial charge in [0.2, 0.25) is 0 Å². The van der Waals surface area contributed by atoms with Crippen molar-refractivity contribution < 1.29 is 18.0 Å². The molecule has 0 saturated heterocycles. The van der Waals surface area contributed by atoms with Gasteiger partial charge in [0.25, 0.3) is 5.91 Å². The van der Waals surface area contributed by atoms with Crippen LogP contribution in [0.25, 0.3) is 22.8 Å². The Labute approximate surface area is 151 Å². The summed E-state index contributed by atoms with van der Waals surface area (Å²) in [6, 6.07) is 3.48. The van der Waals surface area contributed by atoms with Crippen LogP contribution in [-0.4, -0.2) is 32.3 Å². The number of carbonyl (C=O) groups excluding carboxylic acids is 1. The minimum Gasteiger partial charge on any atom is -0.364 e. The summed E-state index contributed by atoms with van der Waals surface area (Å²) in [5.41, 5.74) is 7.18. The summed E-state index contributed by atoms with van der Waals surface area (Å²) in [4.78, 5) is 20.1. The summed E-state index contributed by atoms with van der Waals surface area (Å²) in [5, 5.41) is 4.11. The zero-order valence-corrected chi connectivity index (χ0v) is 14.0. The lowest BCUT2D eigenvalue weighted by Gasteiger charge is -2.18.